The zero-order chi connectivity index (χ0) is 6.85. The van der Waals surface area contributed by atoms with E-state index in [0.29, 0.717) is 12.6 Å². The van der Waals surface area contributed by atoms with Crippen LogP contribution in [0.2, 0.25) is 0 Å². The summed E-state index contributed by atoms with van der Waals surface area (Å²) >= 11 is 0. The molecule has 0 saturated carbocycles. The molecule has 1 rings (SSSR count). The second-order valence-electron chi connectivity index (χ2n) is 2.58. The van der Waals surface area contributed by atoms with Gasteiger partial charge in [0.05, 0.1) is 5.92 Å². The Balaban J connectivity index is 0.000000810. The van der Waals surface area contributed by atoms with Crippen LogP contribution in [0.5, 0.6) is 0 Å². The standard InChI is InChI=1S/C6H11NO2.ClH/c1-4-2-5(3-7-4)6(8)9;/h4-5,7H,2-3H2,1H3,(H,8,9);1H/t4-,5-;/m0./s1. The van der Waals surface area contributed by atoms with Gasteiger partial charge in [0.2, 0.25) is 0 Å². The summed E-state index contributed by atoms with van der Waals surface area (Å²) in [7, 11) is 0. The molecular weight excluding hydrogens is 154 g/mol. The summed E-state index contributed by atoms with van der Waals surface area (Å²) in [6.07, 6.45) is 0.773. The minimum absolute atomic E-state index is 0. The van der Waals surface area contributed by atoms with Crippen LogP contribution in [0.25, 0.3) is 0 Å². The first kappa shape index (κ1) is 9.72. The van der Waals surface area contributed by atoms with Gasteiger partial charge in [-0.25, -0.2) is 0 Å². The minimum atomic E-state index is -0.674. The number of rotatable bonds is 1. The number of nitrogens with one attached hydrogen (secondary N) is 1. The van der Waals surface area contributed by atoms with Gasteiger partial charge in [-0.2, -0.15) is 0 Å². The predicted octanol–water partition coefficient (Wildman–Crippen LogP) is 0.491. The van der Waals surface area contributed by atoms with E-state index in [2.05, 4.69) is 5.32 Å². The second-order valence-corrected chi connectivity index (χ2v) is 2.58. The highest BCUT2D eigenvalue weighted by atomic mass is 35.5. The Hall–Kier alpha value is -0.280. The van der Waals surface area contributed by atoms with E-state index in [0.717, 1.165) is 6.42 Å². The molecule has 1 aliphatic heterocycles. The average Bonchev–Trinajstić information content (AvgIpc) is 2.14. The van der Waals surface area contributed by atoms with E-state index in [4.69, 9.17) is 5.11 Å². The number of carboxylic acids is 1. The van der Waals surface area contributed by atoms with Crippen molar-refractivity contribution in [3.05, 3.63) is 0 Å². The molecule has 0 aromatic rings. The quantitative estimate of drug-likeness (QED) is 0.595. The Morgan fingerprint density at radius 3 is 2.50 bits per heavy atom. The lowest BCUT2D eigenvalue weighted by Gasteiger charge is -1.98. The summed E-state index contributed by atoms with van der Waals surface area (Å²) in [5.41, 5.74) is 0. The van der Waals surface area contributed by atoms with Crippen LogP contribution in [0, 0.1) is 5.92 Å². The van der Waals surface area contributed by atoms with Gasteiger partial charge in [0, 0.05) is 12.6 Å². The molecule has 0 aromatic heterocycles. The lowest BCUT2D eigenvalue weighted by molar-refractivity contribution is -0.141. The summed E-state index contributed by atoms with van der Waals surface area (Å²) in [5, 5.41) is 11.6. The largest absolute Gasteiger partial charge is 0.481 e. The van der Waals surface area contributed by atoms with Crippen LogP contribution in [0.15, 0.2) is 0 Å². The fourth-order valence-electron chi connectivity index (χ4n) is 1.13. The summed E-state index contributed by atoms with van der Waals surface area (Å²) in [6.45, 7) is 2.64. The Kier molecular flexibility index (Phi) is 3.68. The SMILES string of the molecule is C[C@H]1C[C@H](C(=O)O)CN1.Cl. The highest BCUT2D eigenvalue weighted by Gasteiger charge is 2.25. The zero-order valence-corrected chi connectivity index (χ0v) is 6.65. The van der Waals surface area contributed by atoms with Crippen molar-refractivity contribution < 1.29 is 9.90 Å². The van der Waals surface area contributed by atoms with Crippen LogP contribution in [0.3, 0.4) is 0 Å². The van der Waals surface area contributed by atoms with Crippen LogP contribution in [0.1, 0.15) is 13.3 Å². The Morgan fingerprint density at radius 1 is 1.70 bits per heavy atom. The van der Waals surface area contributed by atoms with Crippen molar-refractivity contribution >= 4 is 18.4 Å². The molecule has 10 heavy (non-hydrogen) atoms. The second kappa shape index (κ2) is 3.78. The molecule has 4 heteroatoms. The lowest BCUT2D eigenvalue weighted by Crippen LogP contribution is -2.18. The van der Waals surface area contributed by atoms with Crippen molar-refractivity contribution in [2.45, 2.75) is 19.4 Å². The predicted molar refractivity (Wildman–Crippen MR) is 40.5 cm³/mol. The maximum atomic E-state index is 10.3. The Bertz CT molecular complexity index is 129. The third-order valence-electron chi connectivity index (χ3n) is 1.70. The fourth-order valence-corrected chi connectivity index (χ4v) is 1.13. The normalized spacial score (nSPS) is 31.3. The molecule has 0 spiro atoms. The lowest BCUT2D eigenvalue weighted by atomic mass is 10.1. The van der Waals surface area contributed by atoms with Gasteiger partial charge in [-0.05, 0) is 13.3 Å². The van der Waals surface area contributed by atoms with Crippen LogP contribution in [0.4, 0.5) is 0 Å². The number of hydrogen-bond acceptors (Lipinski definition) is 2. The average molecular weight is 166 g/mol. The van der Waals surface area contributed by atoms with Gasteiger partial charge >= 0.3 is 5.97 Å². The Morgan fingerprint density at radius 2 is 2.30 bits per heavy atom. The molecule has 0 aromatic carbocycles. The summed E-state index contributed by atoms with van der Waals surface area (Å²) in [4.78, 5) is 10.3. The summed E-state index contributed by atoms with van der Waals surface area (Å²) in [6, 6.07) is 0.381. The van der Waals surface area contributed by atoms with Gasteiger partial charge in [-0.15, -0.1) is 12.4 Å². The van der Waals surface area contributed by atoms with Gasteiger partial charge in [0.15, 0.2) is 0 Å². The number of aliphatic carboxylic acids is 1. The number of halogens is 1. The van der Waals surface area contributed by atoms with Crippen LogP contribution < -0.4 is 5.32 Å². The van der Waals surface area contributed by atoms with Gasteiger partial charge < -0.3 is 10.4 Å². The number of hydrogen-bond donors (Lipinski definition) is 2. The van der Waals surface area contributed by atoms with Crippen molar-refractivity contribution in [2.24, 2.45) is 5.92 Å². The molecule has 0 unspecified atom stereocenters. The van der Waals surface area contributed by atoms with Crippen LogP contribution >= 0.6 is 12.4 Å². The number of carboxylic acid groups (broad SMARTS) is 1. The maximum absolute atomic E-state index is 10.3. The monoisotopic (exact) mass is 165 g/mol. The Labute approximate surface area is 66.2 Å². The molecule has 1 saturated heterocycles. The highest BCUT2D eigenvalue weighted by Crippen LogP contribution is 2.12. The van der Waals surface area contributed by atoms with E-state index >= 15 is 0 Å². The molecule has 1 heterocycles. The van der Waals surface area contributed by atoms with Crippen molar-refractivity contribution in [1.29, 1.82) is 0 Å². The molecule has 1 fully saturated rings. The molecule has 1 aliphatic rings. The summed E-state index contributed by atoms with van der Waals surface area (Å²) < 4.78 is 0. The van der Waals surface area contributed by atoms with Crippen molar-refractivity contribution in [3.63, 3.8) is 0 Å². The van der Waals surface area contributed by atoms with E-state index in [-0.39, 0.29) is 18.3 Å². The topological polar surface area (TPSA) is 49.3 Å². The van der Waals surface area contributed by atoms with Crippen LogP contribution in [-0.4, -0.2) is 23.7 Å². The third-order valence-corrected chi connectivity index (χ3v) is 1.70. The first-order valence-electron chi connectivity index (χ1n) is 3.16. The van der Waals surface area contributed by atoms with E-state index in [1.54, 1.807) is 0 Å². The molecule has 60 valence electrons. The molecule has 2 atom stereocenters. The van der Waals surface area contributed by atoms with Crippen molar-refractivity contribution in [2.75, 3.05) is 6.54 Å². The smallest absolute Gasteiger partial charge is 0.307 e. The molecule has 2 N–H and O–H groups in total. The first-order chi connectivity index (χ1) is 4.20. The molecule has 0 radical (unpaired) electrons. The van der Waals surface area contributed by atoms with Crippen molar-refractivity contribution in [3.8, 4) is 0 Å². The van der Waals surface area contributed by atoms with E-state index in [1.807, 2.05) is 6.92 Å². The van der Waals surface area contributed by atoms with Crippen LogP contribution in [-0.2, 0) is 4.79 Å². The molecule has 0 aliphatic carbocycles. The van der Waals surface area contributed by atoms with Gasteiger partial charge in [-0.3, -0.25) is 4.79 Å². The van der Waals surface area contributed by atoms with Gasteiger partial charge in [0.25, 0.3) is 0 Å². The third kappa shape index (κ3) is 2.15. The van der Waals surface area contributed by atoms with Crippen molar-refractivity contribution in [1.82, 2.24) is 5.32 Å². The number of carbonyl (C=O) groups is 1. The molecule has 0 bridgehead atoms. The van der Waals surface area contributed by atoms with E-state index in [9.17, 15) is 4.79 Å². The zero-order valence-electron chi connectivity index (χ0n) is 5.83. The van der Waals surface area contributed by atoms with Gasteiger partial charge in [-0.1, -0.05) is 0 Å². The van der Waals surface area contributed by atoms with Gasteiger partial charge in [0.1, 0.15) is 0 Å². The molecular formula is C6H12ClNO2. The molecule has 0 amide bonds. The first-order valence-corrected chi connectivity index (χ1v) is 3.16. The minimum Gasteiger partial charge on any atom is -0.481 e. The summed E-state index contributed by atoms with van der Waals surface area (Å²) in [5.74, 6) is -0.827. The molecule has 3 nitrogen and oxygen atoms in total. The van der Waals surface area contributed by atoms with E-state index < -0.39 is 5.97 Å². The van der Waals surface area contributed by atoms with E-state index in [1.165, 1.54) is 0 Å². The highest BCUT2D eigenvalue weighted by molar-refractivity contribution is 5.85. The fraction of sp³-hybridized carbons (Fsp3) is 0.833. The maximum Gasteiger partial charge on any atom is 0.307 e.